The van der Waals surface area contributed by atoms with Crippen LogP contribution in [0, 0.1) is 5.92 Å². The van der Waals surface area contributed by atoms with Gasteiger partial charge in [-0.2, -0.15) is 0 Å². The molecule has 1 saturated heterocycles. The highest BCUT2D eigenvalue weighted by Crippen LogP contribution is 2.39. The lowest BCUT2D eigenvalue weighted by Gasteiger charge is -2.21. The third kappa shape index (κ3) is 5.13. The molecule has 1 fully saturated rings. The van der Waals surface area contributed by atoms with Crippen molar-refractivity contribution < 1.29 is 28.5 Å². The summed E-state index contributed by atoms with van der Waals surface area (Å²) in [5, 5.41) is 2.92. The topological polar surface area (TPSA) is 86.3 Å². The van der Waals surface area contributed by atoms with Crippen molar-refractivity contribution in [1.82, 2.24) is 10.2 Å². The SMILES string of the molecule is COCCNC(=O)[C@@H]1CN(C(=O)c2ccc(OC)cc2)C[C@@H]1c1ccc(OC)cc1OC. The lowest BCUT2D eigenvalue weighted by molar-refractivity contribution is -0.125. The van der Waals surface area contributed by atoms with Gasteiger partial charge >= 0.3 is 0 Å². The van der Waals surface area contributed by atoms with Crippen molar-refractivity contribution in [1.29, 1.82) is 0 Å². The van der Waals surface area contributed by atoms with Gasteiger partial charge in [0.25, 0.3) is 5.91 Å². The second-order valence-corrected chi connectivity index (χ2v) is 7.54. The van der Waals surface area contributed by atoms with Crippen molar-refractivity contribution in [2.75, 3.05) is 54.7 Å². The largest absolute Gasteiger partial charge is 0.497 e. The number of carbonyl (C=O) groups excluding carboxylic acids is 2. The maximum atomic E-state index is 13.2. The highest BCUT2D eigenvalue weighted by atomic mass is 16.5. The predicted molar refractivity (Wildman–Crippen MR) is 120 cm³/mol. The smallest absolute Gasteiger partial charge is 0.253 e. The minimum Gasteiger partial charge on any atom is -0.497 e. The lowest BCUT2D eigenvalue weighted by Crippen LogP contribution is -2.37. The second-order valence-electron chi connectivity index (χ2n) is 7.54. The Kier molecular flexibility index (Phi) is 7.94. The number of amides is 2. The van der Waals surface area contributed by atoms with Crippen LogP contribution < -0.4 is 19.5 Å². The monoisotopic (exact) mass is 442 g/mol. The molecule has 0 saturated carbocycles. The average molecular weight is 443 g/mol. The normalized spacial score (nSPS) is 17.7. The number of rotatable bonds is 9. The maximum absolute atomic E-state index is 13.2. The minimum absolute atomic E-state index is 0.116. The Morgan fingerprint density at radius 2 is 1.62 bits per heavy atom. The van der Waals surface area contributed by atoms with E-state index >= 15 is 0 Å². The number of ether oxygens (including phenoxy) is 4. The predicted octanol–water partition coefficient (Wildman–Crippen LogP) is 2.33. The minimum atomic E-state index is -0.420. The van der Waals surface area contributed by atoms with E-state index in [2.05, 4.69) is 5.32 Å². The number of methoxy groups -OCH3 is 4. The van der Waals surface area contributed by atoms with Gasteiger partial charge in [-0.3, -0.25) is 9.59 Å². The molecule has 2 aromatic carbocycles. The van der Waals surface area contributed by atoms with E-state index in [1.165, 1.54) is 0 Å². The molecule has 8 nitrogen and oxygen atoms in total. The van der Waals surface area contributed by atoms with Gasteiger partial charge < -0.3 is 29.2 Å². The first-order valence-electron chi connectivity index (χ1n) is 10.4. The summed E-state index contributed by atoms with van der Waals surface area (Å²) >= 11 is 0. The van der Waals surface area contributed by atoms with Gasteiger partial charge in [0.15, 0.2) is 0 Å². The summed E-state index contributed by atoms with van der Waals surface area (Å²) < 4.78 is 21.1. The van der Waals surface area contributed by atoms with Crippen LogP contribution in [0.1, 0.15) is 21.8 Å². The molecular formula is C24H30N2O6. The number of nitrogens with zero attached hydrogens (tertiary/aromatic N) is 1. The van der Waals surface area contributed by atoms with E-state index in [-0.39, 0.29) is 17.7 Å². The molecule has 0 spiro atoms. The van der Waals surface area contributed by atoms with E-state index in [9.17, 15) is 9.59 Å². The molecule has 0 aromatic heterocycles. The van der Waals surface area contributed by atoms with Crippen LogP contribution in [0.5, 0.6) is 17.2 Å². The summed E-state index contributed by atoms with van der Waals surface area (Å²) in [6.07, 6.45) is 0. The first-order valence-corrected chi connectivity index (χ1v) is 10.4. The molecule has 1 aliphatic heterocycles. The van der Waals surface area contributed by atoms with Gasteiger partial charge in [0, 0.05) is 49.9 Å². The van der Waals surface area contributed by atoms with E-state index in [0.717, 1.165) is 5.56 Å². The van der Waals surface area contributed by atoms with Gasteiger partial charge in [-0.15, -0.1) is 0 Å². The summed E-state index contributed by atoms with van der Waals surface area (Å²) in [6, 6.07) is 12.5. The molecule has 2 aromatic rings. The Balaban J connectivity index is 1.88. The van der Waals surface area contributed by atoms with Crippen molar-refractivity contribution in [3.05, 3.63) is 53.6 Å². The van der Waals surface area contributed by atoms with Crippen LogP contribution in [-0.4, -0.2) is 71.4 Å². The number of benzene rings is 2. The fraction of sp³-hybridized carbons (Fsp3) is 0.417. The van der Waals surface area contributed by atoms with Crippen molar-refractivity contribution in [2.24, 2.45) is 5.92 Å². The molecule has 3 rings (SSSR count). The Hall–Kier alpha value is -3.26. The van der Waals surface area contributed by atoms with Gasteiger partial charge in [-0.25, -0.2) is 0 Å². The summed E-state index contributed by atoms with van der Waals surface area (Å²) in [4.78, 5) is 27.9. The molecule has 0 aliphatic carbocycles. The van der Waals surface area contributed by atoms with E-state index in [1.54, 1.807) is 63.7 Å². The number of likely N-dealkylation sites (tertiary alicyclic amines) is 1. The van der Waals surface area contributed by atoms with Gasteiger partial charge in [-0.1, -0.05) is 6.07 Å². The maximum Gasteiger partial charge on any atom is 0.253 e. The summed E-state index contributed by atoms with van der Waals surface area (Å²) in [7, 11) is 6.34. The lowest BCUT2D eigenvalue weighted by atomic mass is 9.87. The number of carbonyl (C=O) groups is 2. The zero-order chi connectivity index (χ0) is 23.1. The third-order valence-corrected chi connectivity index (χ3v) is 5.73. The average Bonchev–Trinajstić information content (AvgIpc) is 3.28. The number of hydrogen-bond acceptors (Lipinski definition) is 6. The molecule has 1 aliphatic rings. The molecule has 172 valence electrons. The molecule has 0 bridgehead atoms. The molecule has 1 heterocycles. The van der Waals surface area contributed by atoms with Crippen LogP contribution >= 0.6 is 0 Å². The first kappa shape index (κ1) is 23.4. The van der Waals surface area contributed by atoms with Crippen LogP contribution in [0.3, 0.4) is 0 Å². The second kappa shape index (κ2) is 10.9. The van der Waals surface area contributed by atoms with Gasteiger partial charge in [0.05, 0.1) is 33.9 Å². The Labute approximate surface area is 188 Å². The summed E-state index contributed by atoms with van der Waals surface area (Å²) in [5.41, 5.74) is 1.41. The molecule has 2 amide bonds. The van der Waals surface area contributed by atoms with Crippen LogP contribution in [0.2, 0.25) is 0 Å². The van der Waals surface area contributed by atoms with Crippen molar-refractivity contribution in [2.45, 2.75) is 5.92 Å². The van der Waals surface area contributed by atoms with E-state index < -0.39 is 5.92 Å². The third-order valence-electron chi connectivity index (χ3n) is 5.73. The van der Waals surface area contributed by atoms with Crippen molar-refractivity contribution >= 4 is 11.8 Å². The molecule has 32 heavy (non-hydrogen) atoms. The van der Waals surface area contributed by atoms with Gasteiger partial charge in [0.2, 0.25) is 5.91 Å². The standard InChI is InChI=1S/C24H30N2O6/c1-29-12-11-25-23(27)21-15-26(24(28)16-5-7-17(30-2)8-6-16)14-20(21)19-10-9-18(31-3)13-22(19)32-4/h5-10,13,20-21H,11-12,14-15H2,1-4H3,(H,25,27)/t20-,21-/m1/s1. The highest BCUT2D eigenvalue weighted by Gasteiger charge is 2.41. The number of nitrogens with one attached hydrogen (secondary N) is 1. The van der Waals surface area contributed by atoms with Crippen LogP contribution in [0.15, 0.2) is 42.5 Å². The molecule has 1 N–H and O–H groups in total. The van der Waals surface area contributed by atoms with Crippen LogP contribution in [-0.2, 0) is 9.53 Å². The Morgan fingerprint density at radius 1 is 0.938 bits per heavy atom. The molecule has 0 unspecified atom stereocenters. The Morgan fingerprint density at radius 3 is 2.25 bits per heavy atom. The molecule has 2 atom stereocenters. The summed E-state index contributed by atoms with van der Waals surface area (Å²) in [5.74, 6) is 1.09. The van der Waals surface area contributed by atoms with E-state index in [0.29, 0.717) is 49.1 Å². The molecule has 0 radical (unpaired) electrons. The fourth-order valence-electron chi connectivity index (χ4n) is 4.00. The van der Waals surface area contributed by atoms with Crippen molar-refractivity contribution in [3.8, 4) is 17.2 Å². The molecular weight excluding hydrogens is 412 g/mol. The molecule has 8 heteroatoms. The zero-order valence-electron chi connectivity index (χ0n) is 18.9. The summed E-state index contributed by atoms with van der Waals surface area (Å²) in [6.45, 7) is 1.54. The van der Waals surface area contributed by atoms with E-state index in [1.807, 2.05) is 12.1 Å². The highest BCUT2D eigenvalue weighted by molar-refractivity contribution is 5.95. The first-order chi connectivity index (χ1) is 15.5. The quantitative estimate of drug-likeness (QED) is 0.600. The van der Waals surface area contributed by atoms with Crippen LogP contribution in [0.25, 0.3) is 0 Å². The number of hydrogen-bond donors (Lipinski definition) is 1. The van der Waals surface area contributed by atoms with Gasteiger partial charge in [0.1, 0.15) is 17.2 Å². The fourth-order valence-corrected chi connectivity index (χ4v) is 4.00. The zero-order valence-corrected chi connectivity index (χ0v) is 18.9. The van der Waals surface area contributed by atoms with Crippen LogP contribution in [0.4, 0.5) is 0 Å². The Bertz CT molecular complexity index is 931. The van der Waals surface area contributed by atoms with Crippen molar-refractivity contribution in [3.63, 3.8) is 0 Å². The van der Waals surface area contributed by atoms with E-state index in [4.69, 9.17) is 18.9 Å². The van der Waals surface area contributed by atoms with Gasteiger partial charge in [-0.05, 0) is 30.3 Å².